The first kappa shape index (κ1) is 22.4. The Balaban J connectivity index is 1.26. The lowest BCUT2D eigenvalue weighted by Crippen LogP contribution is -2.43. The van der Waals surface area contributed by atoms with Gasteiger partial charge in [-0.2, -0.15) is 0 Å². The van der Waals surface area contributed by atoms with Gasteiger partial charge in [-0.25, -0.2) is 4.39 Å². The summed E-state index contributed by atoms with van der Waals surface area (Å²) < 4.78 is 14.7. The van der Waals surface area contributed by atoms with Crippen LogP contribution in [0.2, 0.25) is 0 Å². The molecule has 5 nitrogen and oxygen atoms in total. The molecule has 1 unspecified atom stereocenters. The van der Waals surface area contributed by atoms with Crippen LogP contribution in [0, 0.1) is 17.7 Å². The molecule has 1 amide bonds. The third kappa shape index (κ3) is 4.26. The summed E-state index contributed by atoms with van der Waals surface area (Å²) in [6.45, 7) is 4.13. The molecule has 2 aliphatic heterocycles. The van der Waals surface area contributed by atoms with Gasteiger partial charge in [0.2, 0.25) is 5.91 Å². The number of likely N-dealkylation sites (tertiary alicyclic amines) is 1. The molecular formula is C27H35FN4O. The van der Waals surface area contributed by atoms with E-state index < -0.39 is 0 Å². The number of primary amides is 1. The molecule has 176 valence electrons. The summed E-state index contributed by atoms with van der Waals surface area (Å²) in [5, 5.41) is 0. The van der Waals surface area contributed by atoms with Gasteiger partial charge in [-0.05, 0) is 87.5 Å². The highest BCUT2D eigenvalue weighted by Crippen LogP contribution is 2.43. The van der Waals surface area contributed by atoms with E-state index in [9.17, 15) is 9.18 Å². The van der Waals surface area contributed by atoms with Crippen LogP contribution in [0.4, 0.5) is 10.1 Å². The number of halogens is 1. The molecule has 33 heavy (non-hydrogen) atoms. The number of carbonyl (C=O) groups excluding carboxylic acids is 1. The summed E-state index contributed by atoms with van der Waals surface area (Å²) in [5.41, 5.74) is 9.24. The largest absolute Gasteiger partial charge is 0.372 e. The standard InChI is InChI=1S/C27H35FN4O/c1-30(2)25-17-32(24-11-8-19-4-3-5-23(28)26(19)24)16-22(25)18-12-14-31(15-13-18)21-9-6-20(7-10-21)27(29)33/h3-7,9-10,18,22,24-25H,8,11-17H2,1-2H3,(H2,29,33)/t22-,24?,25+/m1/s1. The van der Waals surface area contributed by atoms with Crippen LogP contribution in [-0.2, 0) is 6.42 Å². The molecule has 0 bridgehead atoms. The average molecular weight is 451 g/mol. The minimum absolute atomic E-state index is 0.0319. The predicted octanol–water partition coefficient (Wildman–Crippen LogP) is 3.69. The monoisotopic (exact) mass is 450 g/mol. The molecule has 2 heterocycles. The van der Waals surface area contributed by atoms with Crippen LogP contribution >= 0.6 is 0 Å². The zero-order valence-electron chi connectivity index (χ0n) is 19.7. The van der Waals surface area contributed by atoms with Crippen molar-refractivity contribution >= 4 is 11.6 Å². The molecule has 0 saturated carbocycles. The van der Waals surface area contributed by atoms with Crippen molar-refractivity contribution < 1.29 is 9.18 Å². The van der Waals surface area contributed by atoms with Crippen LogP contribution in [-0.4, -0.2) is 62.0 Å². The van der Waals surface area contributed by atoms with Crippen LogP contribution in [0.1, 0.15) is 46.8 Å². The number of hydrogen-bond acceptors (Lipinski definition) is 4. The number of carbonyl (C=O) groups is 1. The zero-order valence-corrected chi connectivity index (χ0v) is 19.7. The number of nitrogens with zero attached hydrogens (tertiary/aromatic N) is 3. The molecule has 3 atom stereocenters. The van der Waals surface area contributed by atoms with Gasteiger partial charge in [0.05, 0.1) is 0 Å². The summed E-state index contributed by atoms with van der Waals surface area (Å²) in [7, 11) is 4.39. The Morgan fingerprint density at radius 2 is 1.76 bits per heavy atom. The summed E-state index contributed by atoms with van der Waals surface area (Å²) in [5.74, 6) is 0.862. The van der Waals surface area contributed by atoms with E-state index in [-0.39, 0.29) is 17.8 Å². The normalized spacial score (nSPS) is 26.2. The van der Waals surface area contributed by atoms with Gasteiger partial charge in [0.1, 0.15) is 5.82 Å². The first-order chi connectivity index (χ1) is 15.9. The van der Waals surface area contributed by atoms with Gasteiger partial charge in [0.25, 0.3) is 0 Å². The number of benzene rings is 2. The van der Waals surface area contributed by atoms with Crippen LogP contribution in [0.25, 0.3) is 0 Å². The predicted molar refractivity (Wildman–Crippen MR) is 130 cm³/mol. The second-order valence-electron chi connectivity index (χ2n) is 10.3. The molecule has 2 N–H and O–H groups in total. The van der Waals surface area contributed by atoms with Crippen molar-refractivity contribution in [1.29, 1.82) is 0 Å². The molecule has 5 rings (SSSR count). The molecule has 2 aromatic carbocycles. The first-order valence-corrected chi connectivity index (χ1v) is 12.2. The van der Waals surface area contributed by atoms with E-state index in [2.05, 4.69) is 34.9 Å². The van der Waals surface area contributed by atoms with Crippen molar-refractivity contribution in [2.24, 2.45) is 17.6 Å². The molecular weight excluding hydrogens is 415 g/mol. The SMILES string of the molecule is CN(C)[C@H]1CN(C2CCc3cccc(F)c32)C[C@@H]1C1CCN(c2ccc(C(N)=O)cc2)CC1. The number of aryl methyl sites for hydroxylation is 1. The summed E-state index contributed by atoms with van der Waals surface area (Å²) >= 11 is 0. The maximum atomic E-state index is 14.7. The highest BCUT2D eigenvalue weighted by molar-refractivity contribution is 5.93. The van der Waals surface area contributed by atoms with Crippen LogP contribution in [0.15, 0.2) is 42.5 Å². The Morgan fingerprint density at radius 1 is 1.03 bits per heavy atom. The van der Waals surface area contributed by atoms with Crippen molar-refractivity contribution in [3.8, 4) is 0 Å². The molecule has 0 spiro atoms. The van der Waals surface area contributed by atoms with E-state index in [1.807, 2.05) is 30.3 Å². The lowest BCUT2D eigenvalue weighted by atomic mass is 9.81. The van der Waals surface area contributed by atoms with Gasteiger partial charge in [0, 0.05) is 55.1 Å². The zero-order chi connectivity index (χ0) is 23.1. The number of piperidine rings is 1. The Bertz CT molecular complexity index is 1000. The number of hydrogen-bond donors (Lipinski definition) is 1. The van der Waals surface area contributed by atoms with E-state index in [1.165, 1.54) is 5.56 Å². The molecule has 1 aliphatic carbocycles. The summed E-state index contributed by atoms with van der Waals surface area (Å²) in [6.07, 6.45) is 4.34. The quantitative estimate of drug-likeness (QED) is 0.755. The number of amides is 1. The van der Waals surface area contributed by atoms with E-state index in [1.54, 1.807) is 6.07 Å². The second-order valence-corrected chi connectivity index (χ2v) is 10.3. The van der Waals surface area contributed by atoms with Gasteiger partial charge in [-0.15, -0.1) is 0 Å². The fourth-order valence-electron chi connectivity index (χ4n) is 6.50. The molecule has 0 radical (unpaired) electrons. The van der Waals surface area contributed by atoms with Crippen molar-refractivity contribution in [3.05, 3.63) is 65.0 Å². The fraction of sp³-hybridized carbons (Fsp3) is 0.519. The molecule has 3 aliphatic rings. The topological polar surface area (TPSA) is 52.8 Å². The lowest BCUT2D eigenvalue weighted by Gasteiger charge is -2.39. The first-order valence-electron chi connectivity index (χ1n) is 12.2. The second kappa shape index (κ2) is 9.07. The third-order valence-corrected chi connectivity index (χ3v) is 8.29. The minimum Gasteiger partial charge on any atom is -0.372 e. The smallest absolute Gasteiger partial charge is 0.248 e. The third-order valence-electron chi connectivity index (χ3n) is 8.29. The van der Waals surface area contributed by atoms with Gasteiger partial charge in [0.15, 0.2) is 0 Å². The lowest BCUT2D eigenvalue weighted by molar-refractivity contribution is 0.100. The summed E-state index contributed by atoms with van der Waals surface area (Å²) in [6, 6.07) is 13.9. The van der Waals surface area contributed by atoms with E-state index >= 15 is 0 Å². The maximum Gasteiger partial charge on any atom is 0.248 e. The van der Waals surface area contributed by atoms with Crippen molar-refractivity contribution in [1.82, 2.24) is 9.80 Å². The molecule has 6 heteroatoms. The van der Waals surface area contributed by atoms with Crippen LogP contribution in [0.5, 0.6) is 0 Å². The maximum absolute atomic E-state index is 14.7. The Morgan fingerprint density at radius 3 is 2.42 bits per heavy atom. The van der Waals surface area contributed by atoms with Crippen LogP contribution in [0.3, 0.4) is 0 Å². The Labute approximate surface area is 196 Å². The number of likely N-dealkylation sites (N-methyl/N-ethyl adjacent to an activating group) is 1. The van der Waals surface area contributed by atoms with Gasteiger partial charge in [-0.1, -0.05) is 12.1 Å². The van der Waals surface area contributed by atoms with E-state index in [0.29, 0.717) is 23.4 Å². The molecule has 0 aromatic heterocycles. The molecule has 2 fully saturated rings. The van der Waals surface area contributed by atoms with Crippen LogP contribution < -0.4 is 10.6 Å². The average Bonchev–Trinajstić information content (AvgIpc) is 3.45. The van der Waals surface area contributed by atoms with Gasteiger partial charge < -0.3 is 15.5 Å². The van der Waals surface area contributed by atoms with E-state index in [0.717, 1.165) is 63.1 Å². The summed E-state index contributed by atoms with van der Waals surface area (Å²) in [4.78, 5) is 18.7. The van der Waals surface area contributed by atoms with Crippen molar-refractivity contribution in [2.45, 2.75) is 37.8 Å². The number of nitrogens with two attached hydrogens (primary N) is 1. The van der Waals surface area contributed by atoms with Gasteiger partial charge in [-0.3, -0.25) is 9.69 Å². The highest BCUT2D eigenvalue weighted by atomic mass is 19.1. The van der Waals surface area contributed by atoms with E-state index in [4.69, 9.17) is 5.73 Å². The number of anilines is 1. The molecule has 2 aromatic rings. The Hall–Kier alpha value is -2.44. The highest BCUT2D eigenvalue weighted by Gasteiger charge is 2.44. The number of fused-ring (bicyclic) bond motifs is 1. The molecule has 2 saturated heterocycles. The minimum atomic E-state index is -0.384. The van der Waals surface area contributed by atoms with Crippen molar-refractivity contribution in [3.63, 3.8) is 0 Å². The van der Waals surface area contributed by atoms with Gasteiger partial charge >= 0.3 is 0 Å². The fourth-order valence-corrected chi connectivity index (χ4v) is 6.50. The Kier molecular flexibility index (Phi) is 6.14. The number of rotatable bonds is 5. The van der Waals surface area contributed by atoms with Crippen molar-refractivity contribution in [2.75, 3.05) is 45.2 Å².